The second kappa shape index (κ2) is 7.20. The summed E-state index contributed by atoms with van der Waals surface area (Å²) in [5.41, 5.74) is 7.38. The molecule has 28 heavy (non-hydrogen) atoms. The smallest absolute Gasteiger partial charge is 0.330 e. The fourth-order valence-corrected chi connectivity index (χ4v) is 4.99. The Morgan fingerprint density at radius 1 is 1.18 bits per heavy atom. The van der Waals surface area contributed by atoms with Gasteiger partial charge in [-0.3, -0.25) is 9.59 Å². The van der Waals surface area contributed by atoms with Crippen molar-refractivity contribution in [2.75, 3.05) is 0 Å². The predicted molar refractivity (Wildman–Crippen MR) is 102 cm³/mol. The van der Waals surface area contributed by atoms with Crippen molar-refractivity contribution in [3.05, 3.63) is 70.7 Å². The third-order valence-corrected chi connectivity index (χ3v) is 6.26. The van der Waals surface area contributed by atoms with E-state index in [1.54, 1.807) is 12.1 Å². The SMILES string of the molecule is NC1=C(Cc2ccco2)C(C(=O)O)N2C(=O)[C@@H](C(=O)Cc3ccccc3)[C@H]2S1. The van der Waals surface area contributed by atoms with Crippen LogP contribution in [0.3, 0.4) is 0 Å². The van der Waals surface area contributed by atoms with Crippen LogP contribution in [0.2, 0.25) is 0 Å². The number of nitrogens with two attached hydrogens (primary N) is 1. The highest BCUT2D eigenvalue weighted by Crippen LogP contribution is 2.46. The number of carboxylic acid groups (broad SMARTS) is 1. The first-order valence-corrected chi connectivity index (χ1v) is 9.64. The summed E-state index contributed by atoms with van der Waals surface area (Å²) in [5.74, 6) is -2.17. The number of carbonyl (C=O) groups excluding carboxylic acids is 2. The summed E-state index contributed by atoms with van der Waals surface area (Å²) in [7, 11) is 0. The molecule has 3 heterocycles. The molecule has 2 aliphatic heterocycles. The Labute approximate surface area is 165 Å². The van der Waals surface area contributed by atoms with Crippen LogP contribution in [-0.4, -0.2) is 39.1 Å². The van der Waals surface area contributed by atoms with Crippen LogP contribution in [0.1, 0.15) is 11.3 Å². The molecule has 144 valence electrons. The van der Waals surface area contributed by atoms with Gasteiger partial charge in [-0.2, -0.15) is 0 Å². The first-order valence-electron chi connectivity index (χ1n) is 8.76. The Morgan fingerprint density at radius 2 is 1.93 bits per heavy atom. The number of amides is 1. The van der Waals surface area contributed by atoms with E-state index in [4.69, 9.17) is 10.2 Å². The molecule has 1 aromatic heterocycles. The number of furan rings is 1. The number of rotatable bonds is 6. The van der Waals surface area contributed by atoms with Crippen molar-refractivity contribution >= 4 is 29.4 Å². The molecule has 7 nitrogen and oxygen atoms in total. The minimum absolute atomic E-state index is 0.128. The van der Waals surface area contributed by atoms with Crippen molar-refractivity contribution in [2.24, 2.45) is 11.7 Å². The fraction of sp³-hybridized carbons (Fsp3) is 0.250. The molecular weight excluding hydrogens is 380 g/mol. The maximum Gasteiger partial charge on any atom is 0.330 e. The van der Waals surface area contributed by atoms with Crippen LogP contribution >= 0.6 is 11.8 Å². The van der Waals surface area contributed by atoms with Crippen LogP contribution in [0.25, 0.3) is 0 Å². The van der Waals surface area contributed by atoms with E-state index in [2.05, 4.69) is 0 Å². The Morgan fingerprint density at radius 3 is 2.57 bits per heavy atom. The summed E-state index contributed by atoms with van der Waals surface area (Å²) in [6.45, 7) is 0. The number of β-lactam (4-membered cyclic amide) rings is 1. The number of ketones is 1. The lowest BCUT2D eigenvalue weighted by molar-refractivity contribution is -0.165. The number of benzene rings is 1. The van der Waals surface area contributed by atoms with Gasteiger partial charge in [-0.15, -0.1) is 0 Å². The van der Waals surface area contributed by atoms with E-state index in [1.807, 2.05) is 30.3 Å². The summed E-state index contributed by atoms with van der Waals surface area (Å²) in [4.78, 5) is 38.6. The highest BCUT2D eigenvalue weighted by atomic mass is 32.2. The van der Waals surface area contributed by atoms with Crippen LogP contribution in [0, 0.1) is 5.92 Å². The topological polar surface area (TPSA) is 114 Å². The predicted octanol–water partition coefficient (Wildman–Crippen LogP) is 1.79. The number of hydrogen-bond acceptors (Lipinski definition) is 6. The van der Waals surface area contributed by atoms with E-state index in [0.29, 0.717) is 16.4 Å². The number of aliphatic carboxylic acids is 1. The molecule has 1 aromatic carbocycles. The summed E-state index contributed by atoms with van der Waals surface area (Å²) in [5, 5.41) is 9.48. The van der Waals surface area contributed by atoms with Crippen LogP contribution in [-0.2, 0) is 27.2 Å². The van der Waals surface area contributed by atoms with Crippen molar-refractivity contribution in [3.63, 3.8) is 0 Å². The van der Waals surface area contributed by atoms with E-state index in [-0.39, 0.29) is 18.6 Å². The maximum atomic E-state index is 12.7. The Bertz CT molecular complexity index is 954. The van der Waals surface area contributed by atoms with Crippen molar-refractivity contribution in [3.8, 4) is 0 Å². The second-order valence-corrected chi connectivity index (χ2v) is 7.91. The van der Waals surface area contributed by atoms with Gasteiger partial charge in [0.1, 0.15) is 17.1 Å². The molecule has 3 N–H and O–H groups in total. The first kappa shape index (κ1) is 18.4. The number of thioether (sulfide) groups is 1. The van der Waals surface area contributed by atoms with Gasteiger partial charge in [0.05, 0.1) is 11.3 Å². The monoisotopic (exact) mass is 398 g/mol. The number of carbonyl (C=O) groups is 3. The normalized spacial score (nSPS) is 23.9. The summed E-state index contributed by atoms with van der Waals surface area (Å²) in [6, 6.07) is 11.4. The standard InChI is InChI=1S/C20H18N2O5S/c21-17-13(10-12-7-4-8-27-12)16(20(25)26)22-18(24)15(19(22)28-17)14(23)9-11-5-2-1-3-6-11/h1-8,15-16,19H,9-10,21H2,(H,25,26)/t15-,16?,19-/m1/s1. The molecule has 1 unspecified atom stereocenters. The number of nitrogens with zero attached hydrogens (tertiary/aromatic N) is 1. The van der Waals surface area contributed by atoms with Gasteiger partial charge in [-0.1, -0.05) is 42.1 Å². The molecule has 0 spiro atoms. The van der Waals surface area contributed by atoms with Crippen LogP contribution in [0.15, 0.2) is 63.7 Å². The lowest BCUT2D eigenvalue weighted by Crippen LogP contribution is -2.69. The molecule has 4 rings (SSSR count). The first-order chi connectivity index (χ1) is 13.5. The number of Topliss-reactive ketones (excluding diaryl/α,β-unsaturated/α-hetero) is 1. The van der Waals surface area contributed by atoms with Gasteiger partial charge in [-0.25, -0.2) is 4.79 Å². The van der Waals surface area contributed by atoms with Crippen molar-refractivity contribution in [2.45, 2.75) is 24.3 Å². The average molecular weight is 398 g/mol. The highest BCUT2D eigenvalue weighted by molar-refractivity contribution is 8.03. The average Bonchev–Trinajstić information content (AvgIpc) is 3.17. The molecular formula is C20H18N2O5S. The van der Waals surface area contributed by atoms with Gasteiger partial charge < -0.3 is 20.2 Å². The second-order valence-electron chi connectivity index (χ2n) is 6.75. The zero-order valence-corrected chi connectivity index (χ0v) is 15.6. The minimum atomic E-state index is -1.19. The number of carboxylic acids is 1. The zero-order chi connectivity index (χ0) is 19.8. The molecule has 1 fully saturated rings. The lowest BCUT2D eigenvalue weighted by atomic mass is 9.86. The third kappa shape index (κ3) is 3.09. The van der Waals surface area contributed by atoms with Crippen molar-refractivity contribution in [1.29, 1.82) is 0 Å². The molecule has 2 aliphatic rings. The molecule has 8 heteroatoms. The maximum absolute atomic E-state index is 12.7. The van der Waals surface area contributed by atoms with Gasteiger partial charge in [0.15, 0.2) is 11.8 Å². The van der Waals surface area contributed by atoms with Crippen LogP contribution in [0.5, 0.6) is 0 Å². The van der Waals surface area contributed by atoms with E-state index in [9.17, 15) is 19.5 Å². The van der Waals surface area contributed by atoms with E-state index >= 15 is 0 Å². The van der Waals surface area contributed by atoms with Crippen LogP contribution in [0.4, 0.5) is 0 Å². The quantitative estimate of drug-likeness (QED) is 0.563. The van der Waals surface area contributed by atoms with Crippen molar-refractivity contribution in [1.82, 2.24) is 4.90 Å². The van der Waals surface area contributed by atoms with Gasteiger partial charge in [0.2, 0.25) is 5.91 Å². The molecule has 0 aliphatic carbocycles. The zero-order valence-electron chi connectivity index (χ0n) is 14.8. The van der Waals surface area contributed by atoms with Gasteiger partial charge >= 0.3 is 5.97 Å². The Balaban J connectivity index is 1.58. The third-order valence-electron chi connectivity index (χ3n) is 5.00. The van der Waals surface area contributed by atoms with Gasteiger partial charge in [0, 0.05) is 18.4 Å². The Hall–Kier alpha value is -3.00. The summed E-state index contributed by atoms with van der Waals surface area (Å²) >= 11 is 1.17. The van der Waals surface area contributed by atoms with Crippen LogP contribution < -0.4 is 5.73 Å². The molecule has 1 amide bonds. The summed E-state index contributed by atoms with van der Waals surface area (Å²) < 4.78 is 5.30. The van der Waals surface area contributed by atoms with E-state index < -0.39 is 29.2 Å². The largest absolute Gasteiger partial charge is 0.479 e. The number of hydrogen-bond donors (Lipinski definition) is 2. The highest BCUT2D eigenvalue weighted by Gasteiger charge is 2.58. The molecule has 0 bridgehead atoms. The van der Waals surface area contributed by atoms with Gasteiger partial charge in [0.25, 0.3) is 0 Å². The molecule has 2 aromatic rings. The van der Waals surface area contributed by atoms with E-state index in [0.717, 1.165) is 5.56 Å². The molecule has 1 saturated heterocycles. The van der Waals surface area contributed by atoms with Gasteiger partial charge in [-0.05, 0) is 17.7 Å². The molecule has 0 radical (unpaired) electrons. The van der Waals surface area contributed by atoms with E-state index in [1.165, 1.54) is 22.9 Å². The molecule has 0 saturated carbocycles. The lowest BCUT2D eigenvalue weighted by Gasteiger charge is -2.51. The number of fused-ring (bicyclic) bond motifs is 1. The fourth-order valence-electron chi connectivity index (χ4n) is 3.65. The Kier molecular flexibility index (Phi) is 4.72. The molecule has 3 atom stereocenters. The minimum Gasteiger partial charge on any atom is -0.479 e. The van der Waals surface area contributed by atoms with Crippen molar-refractivity contribution < 1.29 is 23.9 Å². The summed E-state index contributed by atoms with van der Waals surface area (Å²) in [6.07, 6.45) is 1.82.